The predicted molar refractivity (Wildman–Crippen MR) is 67.1 cm³/mol. The van der Waals surface area contributed by atoms with Crippen LogP contribution in [0.4, 0.5) is 0 Å². The molecule has 1 atom stereocenters. The molecule has 94 valence electrons. The number of rotatable bonds is 5. The van der Waals surface area contributed by atoms with E-state index in [1.807, 2.05) is 6.20 Å². The number of ether oxygens (including phenoxy) is 2. The SMILES string of the molecule is CC(=O)OC[C@H](Cn1cc(I)cn1)OC(C)=O. The molecule has 0 N–H and O–H groups in total. The summed E-state index contributed by atoms with van der Waals surface area (Å²) >= 11 is 2.13. The summed E-state index contributed by atoms with van der Waals surface area (Å²) in [5.74, 6) is -0.818. The maximum absolute atomic E-state index is 10.9. The molecule has 6 nitrogen and oxygen atoms in total. The fourth-order valence-corrected chi connectivity index (χ4v) is 1.66. The summed E-state index contributed by atoms with van der Waals surface area (Å²) in [5, 5.41) is 4.07. The highest BCUT2D eigenvalue weighted by molar-refractivity contribution is 14.1. The largest absolute Gasteiger partial charge is 0.462 e. The molecular formula is C10H13IN2O4. The zero-order valence-electron chi connectivity index (χ0n) is 9.55. The molecule has 0 aliphatic rings. The van der Waals surface area contributed by atoms with Gasteiger partial charge in [0.1, 0.15) is 6.61 Å². The fraction of sp³-hybridized carbons (Fsp3) is 0.500. The van der Waals surface area contributed by atoms with Gasteiger partial charge in [0.15, 0.2) is 6.10 Å². The van der Waals surface area contributed by atoms with Crippen LogP contribution in [0.1, 0.15) is 13.8 Å². The monoisotopic (exact) mass is 352 g/mol. The van der Waals surface area contributed by atoms with Gasteiger partial charge in [-0.15, -0.1) is 0 Å². The topological polar surface area (TPSA) is 70.4 Å². The lowest BCUT2D eigenvalue weighted by Crippen LogP contribution is -2.28. The number of carbonyl (C=O) groups is 2. The zero-order valence-corrected chi connectivity index (χ0v) is 11.7. The summed E-state index contributed by atoms with van der Waals surface area (Å²) in [5.41, 5.74) is 0. The highest BCUT2D eigenvalue weighted by atomic mass is 127. The second-order valence-electron chi connectivity index (χ2n) is 3.41. The number of halogens is 1. The number of carbonyl (C=O) groups excluding carboxylic acids is 2. The molecule has 1 rings (SSSR count). The highest BCUT2D eigenvalue weighted by Crippen LogP contribution is 2.04. The number of hydrogen-bond donors (Lipinski definition) is 0. The molecule has 0 unspecified atom stereocenters. The summed E-state index contributed by atoms with van der Waals surface area (Å²) in [6.45, 7) is 3.01. The summed E-state index contributed by atoms with van der Waals surface area (Å²) in [4.78, 5) is 21.6. The van der Waals surface area contributed by atoms with Crippen LogP contribution in [0, 0.1) is 3.57 Å². The van der Waals surface area contributed by atoms with Crippen molar-refractivity contribution in [2.75, 3.05) is 6.61 Å². The average Bonchev–Trinajstić information content (AvgIpc) is 2.59. The van der Waals surface area contributed by atoms with E-state index in [1.54, 1.807) is 10.9 Å². The van der Waals surface area contributed by atoms with Crippen molar-refractivity contribution in [3.8, 4) is 0 Å². The second-order valence-corrected chi connectivity index (χ2v) is 4.66. The van der Waals surface area contributed by atoms with Crippen molar-refractivity contribution >= 4 is 34.5 Å². The lowest BCUT2D eigenvalue weighted by atomic mass is 10.3. The Morgan fingerprint density at radius 2 is 2.18 bits per heavy atom. The fourth-order valence-electron chi connectivity index (χ4n) is 1.22. The summed E-state index contributed by atoms with van der Waals surface area (Å²) in [6, 6.07) is 0. The van der Waals surface area contributed by atoms with Crippen LogP contribution in [0.5, 0.6) is 0 Å². The molecule has 7 heteroatoms. The Morgan fingerprint density at radius 1 is 1.47 bits per heavy atom. The second kappa shape index (κ2) is 6.58. The standard InChI is InChI=1S/C10H13IN2O4/c1-7(14)16-6-10(17-8(2)15)5-13-4-9(11)3-12-13/h3-4,10H,5-6H2,1-2H3/t10-/m0/s1. The molecular weight excluding hydrogens is 339 g/mol. The first-order valence-corrected chi connectivity index (χ1v) is 6.04. The third-order valence-corrected chi connectivity index (χ3v) is 2.35. The maximum atomic E-state index is 10.9. The molecule has 0 saturated heterocycles. The van der Waals surface area contributed by atoms with E-state index in [1.165, 1.54) is 13.8 Å². The zero-order chi connectivity index (χ0) is 12.8. The van der Waals surface area contributed by atoms with Gasteiger partial charge in [-0.2, -0.15) is 5.10 Å². The Balaban J connectivity index is 2.56. The minimum atomic E-state index is -0.521. The molecule has 0 spiro atoms. The first-order chi connectivity index (χ1) is 7.97. The first-order valence-electron chi connectivity index (χ1n) is 4.96. The first kappa shape index (κ1) is 13.9. The van der Waals surface area contributed by atoms with Gasteiger partial charge in [0.25, 0.3) is 0 Å². The molecule has 1 aromatic rings. The van der Waals surface area contributed by atoms with E-state index in [4.69, 9.17) is 9.47 Å². The smallest absolute Gasteiger partial charge is 0.303 e. The van der Waals surface area contributed by atoms with E-state index in [0.29, 0.717) is 6.54 Å². The number of aromatic nitrogens is 2. The normalized spacial score (nSPS) is 11.9. The van der Waals surface area contributed by atoms with E-state index in [0.717, 1.165) is 3.57 Å². The van der Waals surface area contributed by atoms with Crippen LogP contribution in [0.15, 0.2) is 12.4 Å². The van der Waals surface area contributed by atoms with Crippen LogP contribution in [-0.4, -0.2) is 34.4 Å². The molecule has 0 radical (unpaired) electrons. The van der Waals surface area contributed by atoms with Crippen LogP contribution in [-0.2, 0) is 25.6 Å². The summed E-state index contributed by atoms with van der Waals surface area (Å²) in [7, 11) is 0. The molecule has 0 aromatic carbocycles. The van der Waals surface area contributed by atoms with Crippen LogP contribution in [0.2, 0.25) is 0 Å². The molecule has 17 heavy (non-hydrogen) atoms. The highest BCUT2D eigenvalue weighted by Gasteiger charge is 2.15. The molecule has 0 bridgehead atoms. The van der Waals surface area contributed by atoms with Crippen LogP contribution in [0.3, 0.4) is 0 Å². The van der Waals surface area contributed by atoms with Crippen molar-refractivity contribution in [1.29, 1.82) is 0 Å². The quantitative estimate of drug-likeness (QED) is 0.584. The number of hydrogen-bond acceptors (Lipinski definition) is 5. The number of nitrogens with zero attached hydrogens (tertiary/aromatic N) is 2. The van der Waals surface area contributed by atoms with Gasteiger partial charge in [0.2, 0.25) is 0 Å². The number of esters is 2. The molecule has 0 aliphatic carbocycles. The van der Waals surface area contributed by atoms with Crippen molar-refractivity contribution in [3.63, 3.8) is 0 Å². The third-order valence-electron chi connectivity index (χ3n) is 1.80. The van der Waals surface area contributed by atoms with Crippen molar-refractivity contribution in [2.24, 2.45) is 0 Å². The Kier molecular flexibility index (Phi) is 5.39. The average molecular weight is 352 g/mol. The minimum Gasteiger partial charge on any atom is -0.462 e. The minimum absolute atomic E-state index is 0.0331. The molecule has 0 fully saturated rings. The van der Waals surface area contributed by atoms with Crippen LogP contribution < -0.4 is 0 Å². The Morgan fingerprint density at radius 3 is 2.65 bits per heavy atom. The van der Waals surface area contributed by atoms with E-state index >= 15 is 0 Å². The van der Waals surface area contributed by atoms with E-state index < -0.39 is 18.0 Å². The van der Waals surface area contributed by atoms with Crippen molar-refractivity contribution in [3.05, 3.63) is 16.0 Å². The van der Waals surface area contributed by atoms with Gasteiger partial charge in [-0.25, -0.2) is 0 Å². The van der Waals surface area contributed by atoms with Gasteiger partial charge >= 0.3 is 11.9 Å². The van der Waals surface area contributed by atoms with Gasteiger partial charge in [0.05, 0.1) is 16.3 Å². The van der Waals surface area contributed by atoms with Crippen molar-refractivity contribution in [1.82, 2.24) is 9.78 Å². The Bertz CT molecular complexity index is 405. The van der Waals surface area contributed by atoms with Crippen molar-refractivity contribution in [2.45, 2.75) is 26.5 Å². The Hall–Kier alpha value is -1.12. The van der Waals surface area contributed by atoms with Crippen molar-refractivity contribution < 1.29 is 19.1 Å². The summed E-state index contributed by atoms with van der Waals surface area (Å²) < 4.78 is 12.5. The lowest BCUT2D eigenvalue weighted by molar-refractivity contribution is -0.157. The van der Waals surface area contributed by atoms with Crippen LogP contribution in [0.25, 0.3) is 0 Å². The van der Waals surface area contributed by atoms with E-state index in [9.17, 15) is 9.59 Å². The third kappa shape index (κ3) is 5.66. The van der Waals surface area contributed by atoms with Gasteiger partial charge < -0.3 is 9.47 Å². The Labute approximate surface area is 112 Å². The predicted octanol–water partition coefficient (Wildman–Crippen LogP) is 0.982. The van der Waals surface area contributed by atoms with E-state index in [-0.39, 0.29) is 6.61 Å². The van der Waals surface area contributed by atoms with Gasteiger partial charge in [-0.1, -0.05) is 0 Å². The molecule has 0 aliphatic heterocycles. The van der Waals surface area contributed by atoms with Gasteiger partial charge in [-0.05, 0) is 22.6 Å². The van der Waals surface area contributed by atoms with Crippen LogP contribution >= 0.6 is 22.6 Å². The molecule has 0 saturated carbocycles. The van der Waals surface area contributed by atoms with E-state index in [2.05, 4.69) is 27.7 Å². The summed E-state index contributed by atoms with van der Waals surface area (Å²) in [6.07, 6.45) is 2.98. The van der Waals surface area contributed by atoms with Gasteiger partial charge in [-0.3, -0.25) is 14.3 Å². The maximum Gasteiger partial charge on any atom is 0.303 e. The molecule has 0 amide bonds. The molecule has 1 aromatic heterocycles. The lowest BCUT2D eigenvalue weighted by Gasteiger charge is -2.16. The molecule has 1 heterocycles. The van der Waals surface area contributed by atoms with Gasteiger partial charge in [0, 0.05) is 20.0 Å².